The van der Waals surface area contributed by atoms with Gasteiger partial charge in [0, 0.05) is 35.7 Å². The summed E-state index contributed by atoms with van der Waals surface area (Å²) in [4.78, 5) is 15.0. The Hall–Kier alpha value is -3.15. The predicted molar refractivity (Wildman–Crippen MR) is 118 cm³/mol. The number of nitrogens with one attached hydrogen (secondary N) is 1. The van der Waals surface area contributed by atoms with Gasteiger partial charge in [-0.15, -0.1) is 0 Å². The summed E-state index contributed by atoms with van der Waals surface area (Å²) in [6, 6.07) is 14.3. The van der Waals surface area contributed by atoms with Crippen LogP contribution in [0.3, 0.4) is 0 Å². The van der Waals surface area contributed by atoms with E-state index in [9.17, 15) is 9.18 Å². The van der Waals surface area contributed by atoms with Crippen LogP contribution in [-0.4, -0.2) is 28.8 Å². The second kappa shape index (κ2) is 8.69. The molecule has 6 heteroatoms. The highest BCUT2D eigenvalue weighted by Gasteiger charge is 2.16. The zero-order valence-corrected chi connectivity index (χ0v) is 17.5. The lowest BCUT2D eigenvalue weighted by Gasteiger charge is -2.28. The van der Waals surface area contributed by atoms with Crippen molar-refractivity contribution in [2.24, 2.45) is 0 Å². The number of benzene rings is 2. The quantitative estimate of drug-likeness (QED) is 0.662. The minimum Gasteiger partial charge on any atom is -0.372 e. The van der Waals surface area contributed by atoms with Crippen molar-refractivity contribution in [3.63, 3.8) is 0 Å². The molecule has 2 aromatic carbocycles. The highest BCUT2D eigenvalue weighted by atomic mass is 19.1. The number of aromatic nitrogens is 2. The first-order valence-corrected chi connectivity index (χ1v) is 10.5. The Labute approximate surface area is 176 Å². The van der Waals surface area contributed by atoms with Gasteiger partial charge < -0.3 is 10.2 Å². The number of carbonyl (C=O) groups is 1. The van der Waals surface area contributed by atoms with E-state index in [1.165, 1.54) is 37.1 Å². The fourth-order valence-corrected chi connectivity index (χ4v) is 4.04. The first kappa shape index (κ1) is 20.1. The van der Waals surface area contributed by atoms with Gasteiger partial charge in [-0.25, -0.2) is 9.07 Å². The summed E-state index contributed by atoms with van der Waals surface area (Å²) in [5.41, 5.74) is 5.35. The predicted octanol–water partition coefficient (Wildman–Crippen LogP) is 4.80. The second-order valence-electron chi connectivity index (χ2n) is 7.86. The number of rotatable bonds is 5. The maximum absolute atomic E-state index is 13.2. The Morgan fingerprint density at radius 2 is 1.60 bits per heavy atom. The molecule has 5 nitrogen and oxygen atoms in total. The molecule has 0 aliphatic carbocycles. The van der Waals surface area contributed by atoms with E-state index in [2.05, 4.69) is 27.4 Å². The van der Waals surface area contributed by atoms with Crippen molar-refractivity contribution in [3.8, 4) is 5.69 Å². The summed E-state index contributed by atoms with van der Waals surface area (Å²) in [6.07, 6.45) is 4.03. The number of anilines is 2. The fourth-order valence-electron chi connectivity index (χ4n) is 4.04. The molecule has 1 N–H and O–H groups in total. The standard InChI is InChI=1S/C24H27FN4O/c1-17-23(18(2)29(27-17)22-10-6-19(25)7-11-22)16-24(30)26-20-8-12-21(13-9-20)28-14-4-3-5-15-28/h6-13H,3-5,14-16H2,1-2H3,(H,26,30). The van der Waals surface area contributed by atoms with Crippen LogP contribution in [0, 0.1) is 19.7 Å². The van der Waals surface area contributed by atoms with E-state index in [1.54, 1.807) is 16.8 Å². The lowest BCUT2D eigenvalue weighted by atomic mass is 10.1. The number of amides is 1. The normalized spacial score (nSPS) is 14.0. The number of hydrogen-bond donors (Lipinski definition) is 1. The molecule has 1 aliphatic rings. The molecule has 4 rings (SSSR count). The number of aryl methyl sites for hydroxylation is 1. The average molecular weight is 407 g/mol. The molecule has 3 aromatic rings. The lowest BCUT2D eigenvalue weighted by Crippen LogP contribution is -2.29. The van der Waals surface area contributed by atoms with Crippen molar-refractivity contribution in [3.05, 3.63) is 71.3 Å². The van der Waals surface area contributed by atoms with Crippen molar-refractivity contribution in [1.82, 2.24) is 9.78 Å². The summed E-state index contributed by atoms with van der Waals surface area (Å²) in [6.45, 7) is 6.02. The van der Waals surface area contributed by atoms with Gasteiger partial charge in [-0.3, -0.25) is 4.79 Å². The molecular weight excluding hydrogens is 379 g/mol. The molecule has 0 saturated carbocycles. The summed E-state index contributed by atoms with van der Waals surface area (Å²) in [7, 11) is 0. The third-order valence-electron chi connectivity index (χ3n) is 5.72. The molecule has 0 spiro atoms. The monoisotopic (exact) mass is 406 g/mol. The molecule has 1 fully saturated rings. The topological polar surface area (TPSA) is 50.2 Å². The number of hydrogen-bond acceptors (Lipinski definition) is 3. The van der Waals surface area contributed by atoms with E-state index in [4.69, 9.17) is 0 Å². The fraction of sp³-hybridized carbons (Fsp3) is 0.333. The van der Waals surface area contributed by atoms with Crippen LogP contribution in [0.4, 0.5) is 15.8 Å². The van der Waals surface area contributed by atoms with E-state index in [0.29, 0.717) is 0 Å². The molecule has 0 atom stereocenters. The summed E-state index contributed by atoms with van der Waals surface area (Å²) >= 11 is 0. The molecule has 1 saturated heterocycles. The van der Waals surface area contributed by atoms with Crippen molar-refractivity contribution < 1.29 is 9.18 Å². The molecule has 2 heterocycles. The van der Waals surface area contributed by atoms with E-state index in [1.807, 2.05) is 26.0 Å². The van der Waals surface area contributed by atoms with Gasteiger partial charge in [0.15, 0.2) is 0 Å². The Morgan fingerprint density at radius 3 is 2.27 bits per heavy atom. The molecule has 1 amide bonds. The number of nitrogens with zero attached hydrogens (tertiary/aromatic N) is 3. The van der Waals surface area contributed by atoms with Crippen LogP contribution >= 0.6 is 0 Å². The molecule has 1 aliphatic heterocycles. The van der Waals surface area contributed by atoms with Crippen molar-refractivity contribution >= 4 is 17.3 Å². The Balaban J connectivity index is 1.43. The van der Waals surface area contributed by atoms with E-state index in [-0.39, 0.29) is 18.1 Å². The number of piperidine rings is 1. The third kappa shape index (κ3) is 4.37. The highest BCUT2D eigenvalue weighted by Crippen LogP contribution is 2.23. The van der Waals surface area contributed by atoms with Gasteiger partial charge in [0.05, 0.1) is 17.8 Å². The van der Waals surface area contributed by atoms with Gasteiger partial charge >= 0.3 is 0 Å². The van der Waals surface area contributed by atoms with Crippen LogP contribution in [0.2, 0.25) is 0 Å². The number of carbonyl (C=O) groups excluding carboxylic acids is 1. The van der Waals surface area contributed by atoms with Crippen molar-refractivity contribution in [2.75, 3.05) is 23.3 Å². The molecule has 0 bridgehead atoms. The van der Waals surface area contributed by atoms with Crippen LogP contribution in [-0.2, 0) is 11.2 Å². The smallest absolute Gasteiger partial charge is 0.228 e. The van der Waals surface area contributed by atoms with Gasteiger partial charge in [-0.05, 0) is 81.6 Å². The van der Waals surface area contributed by atoms with Crippen LogP contribution in [0.15, 0.2) is 48.5 Å². The Morgan fingerprint density at radius 1 is 0.967 bits per heavy atom. The molecule has 1 aromatic heterocycles. The van der Waals surface area contributed by atoms with Crippen molar-refractivity contribution in [2.45, 2.75) is 39.5 Å². The molecule has 30 heavy (non-hydrogen) atoms. The molecular formula is C24H27FN4O. The number of halogens is 1. The van der Waals surface area contributed by atoms with Gasteiger partial charge in [-0.2, -0.15) is 5.10 Å². The van der Waals surface area contributed by atoms with Gasteiger partial charge in [0.1, 0.15) is 5.82 Å². The summed E-state index contributed by atoms with van der Waals surface area (Å²) < 4.78 is 15.0. The molecule has 0 radical (unpaired) electrons. The van der Waals surface area contributed by atoms with E-state index < -0.39 is 0 Å². The van der Waals surface area contributed by atoms with E-state index in [0.717, 1.165) is 41.4 Å². The maximum Gasteiger partial charge on any atom is 0.228 e. The minimum absolute atomic E-state index is 0.0782. The minimum atomic E-state index is -0.286. The largest absolute Gasteiger partial charge is 0.372 e. The Kier molecular flexibility index (Phi) is 5.84. The van der Waals surface area contributed by atoms with Gasteiger partial charge in [0.2, 0.25) is 5.91 Å². The van der Waals surface area contributed by atoms with E-state index >= 15 is 0 Å². The summed E-state index contributed by atoms with van der Waals surface area (Å²) in [5, 5.41) is 7.53. The van der Waals surface area contributed by atoms with Crippen LogP contribution < -0.4 is 10.2 Å². The van der Waals surface area contributed by atoms with Gasteiger partial charge in [-0.1, -0.05) is 0 Å². The van der Waals surface area contributed by atoms with Crippen LogP contribution in [0.25, 0.3) is 5.69 Å². The van der Waals surface area contributed by atoms with Crippen LogP contribution in [0.1, 0.15) is 36.2 Å². The molecule has 0 unspecified atom stereocenters. The van der Waals surface area contributed by atoms with Gasteiger partial charge in [0.25, 0.3) is 0 Å². The SMILES string of the molecule is Cc1nn(-c2ccc(F)cc2)c(C)c1CC(=O)Nc1ccc(N2CCCCC2)cc1. The lowest BCUT2D eigenvalue weighted by molar-refractivity contribution is -0.115. The summed E-state index contributed by atoms with van der Waals surface area (Å²) in [5.74, 6) is -0.364. The zero-order chi connectivity index (χ0) is 21.1. The van der Waals surface area contributed by atoms with Crippen LogP contribution in [0.5, 0.6) is 0 Å². The first-order chi connectivity index (χ1) is 14.5. The molecule has 156 valence electrons. The maximum atomic E-state index is 13.2. The van der Waals surface area contributed by atoms with Crippen molar-refractivity contribution in [1.29, 1.82) is 0 Å². The zero-order valence-electron chi connectivity index (χ0n) is 17.5. The second-order valence-corrected chi connectivity index (χ2v) is 7.86. The highest BCUT2D eigenvalue weighted by molar-refractivity contribution is 5.92. The average Bonchev–Trinajstić information content (AvgIpc) is 3.04. The Bertz CT molecular complexity index is 1020. The first-order valence-electron chi connectivity index (χ1n) is 10.5. The third-order valence-corrected chi connectivity index (χ3v) is 5.72.